The van der Waals surface area contributed by atoms with E-state index in [0.717, 1.165) is 16.1 Å². The van der Waals surface area contributed by atoms with E-state index in [1.165, 1.54) is 19.2 Å². The Labute approximate surface area is 246 Å². The largest absolute Gasteiger partial charge is 0.481 e. The van der Waals surface area contributed by atoms with E-state index in [-0.39, 0.29) is 11.9 Å². The molecule has 1 saturated heterocycles. The molecule has 0 aliphatic carbocycles. The van der Waals surface area contributed by atoms with E-state index in [0.29, 0.717) is 35.4 Å². The molecule has 11 heteroatoms. The molecule has 0 radical (unpaired) electrons. The van der Waals surface area contributed by atoms with Gasteiger partial charge in [-0.15, -0.1) is 0 Å². The number of nitrogens with zero attached hydrogens (tertiary/aromatic N) is 3. The molecule has 0 spiro atoms. The lowest BCUT2D eigenvalue weighted by Crippen LogP contribution is -2.40. The van der Waals surface area contributed by atoms with Crippen molar-refractivity contribution in [3.63, 3.8) is 0 Å². The molecule has 0 bridgehead atoms. The van der Waals surface area contributed by atoms with Crippen molar-refractivity contribution in [2.24, 2.45) is 5.92 Å². The molecule has 0 saturated carbocycles. The van der Waals surface area contributed by atoms with Gasteiger partial charge in [-0.05, 0) is 36.6 Å². The number of anilines is 1. The number of ether oxygens (including phenoxy) is 2. The fraction of sp³-hybridized carbons (Fsp3) is 0.387. The first kappa shape index (κ1) is 31.3. The fourth-order valence-electron chi connectivity index (χ4n) is 4.84. The highest BCUT2D eigenvalue weighted by Crippen LogP contribution is 2.36. The SMILES string of the molecule is CCC(C(=O)O)[C@H]1C[C@@H](/C=C/c2c(-c3ccc(F)cc3)nc(N(C)S(C)(=O)=O)nc2C(C)C)O[C@H](c2ccccc2)O1. The van der Waals surface area contributed by atoms with E-state index in [1.54, 1.807) is 12.1 Å². The highest BCUT2D eigenvalue weighted by atomic mass is 32.2. The van der Waals surface area contributed by atoms with Crippen LogP contribution in [0.3, 0.4) is 0 Å². The Bertz CT molecular complexity index is 1530. The van der Waals surface area contributed by atoms with Crippen LogP contribution in [0.25, 0.3) is 17.3 Å². The van der Waals surface area contributed by atoms with Crippen LogP contribution in [0.2, 0.25) is 0 Å². The quantitative estimate of drug-likeness (QED) is 0.312. The Morgan fingerprint density at radius 1 is 1.12 bits per heavy atom. The summed E-state index contributed by atoms with van der Waals surface area (Å²) in [5.74, 6) is -2.20. The van der Waals surface area contributed by atoms with Crippen molar-refractivity contribution < 1.29 is 32.2 Å². The van der Waals surface area contributed by atoms with Crippen molar-refractivity contribution in [3.8, 4) is 11.3 Å². The molecular formula is C31H36FN3O6S. The zero-order valence-corrected chi connectivity index (χ0v) is 25.1. The summed E-state index contributed by atoms with van der Waals surface area (Å²) in [4.78, 5) is 21.3. The summed E-state index contributed by atoms with van der Waals surface area (Å²) in [5, 5.41) is 9.86. The maximum Gasteiger partial charge on any atom is 0.309 e. The summed E-state index contributed by atoms with van der Waals surface area (Å²) >= 11 is 0. The molecule has 9 nitrogen and oxygen atoms in total. The van der Waals surface area contributed by atoms with Gasteiger partial charge in [0.25, 0.3) is 0 Å². The van der Waals surface area contributed by atoms with Crippen LogP contribution in [0.4, 0.5) is 10.3 Å². The summed E-state index contributed by atoms with van der Waals surface area (Å²) in [6, 6.07) is 15.1. The third kappa shape index (κ3) is 7.21. The molecule has 224 valence electrons. The molecule has 1 aliphatic rings. The van der Waals surface area contributed by atoms with Crippen molar-refractivity contribution in [1.82, 2.24) is 9.97 Å². The maximum atomic E-state index is 13.8. The van der Waals surface area contributed by atoms with Gasteiger partial charge in [-0.25, -0.2) is 27.1 Å². The molecule has 1 aromatic heterocycles. The number of halogens is 1. The summed E-state index contributed by atoms with van der Waals surface area (Å²) in [6.45, 7) is 5.68. The molecule has 2 aromatic carbocycles. The maximum absolute atomic E-state index is 13.8. The monoisotopic (exact) mass is 597 g/mol. The van der Waals surface area contributed by atoms with Crippen molar-refractivity contribution in [2.75, 3.05) is 17.6 Å². The number of carbonyl (C=O) groups is 1. The van der Waals surface area contributed by atoms with Gasteiger partial charge in [-0.2, -0.15) is 0 Å². The number of carboxylic acids is 1. The second kappa shape index (κ2) is 13.1. The van der Waals surface area contributed by atoms with Crippen molar-refractivity contribution >= 4 is 28.0 Å². The highest BCUT2D eigenvalue weighted by molar-refractivity contribution is 7.92. The number of aliphatic carboxylic acids is 1. The van der Waals surface area contributed by atoms with Gasteiger partial charge in [-0.3, -0.25) is 4.79 Å². The van der Waals surface area contributed by atoms with Crippen LogP contribution in [0.1, 0.15) is 62.6 Å². The standard InChI is InChI=1S/C31H36FN3O6S/c1-6-24(29(36)37)26-18-23(40-30(41-26)21-10-8-7-9-11-21)16-17-25-27(19(2)3)33-31(35(4)42(5,38)39)34-28(25)20-12-14-22(32)15-13-20/h7-17,19,23-24,26,30H,6,18H2,1-5H3,(H,36,37)/b17-16+/t23-,24?,26-,30+/m1/s1. The molecule has 4 rings (SSSR count). The minimum Gasteiger partial charge on any atom is -0.481 e. The highest BCUT2D eigenvalue weighted by Gasteiger charge is 2.37. The van der Waals surface area contributed by atoms with E-state index >= 15 is 0 Å². The van der Waals surface area contributed by atoms with Gasteiger partial charge in [0.05, 0.1) is 35.8 Å². The van der Waals surface area contributed by atoms with Gasteiger partial charge in [0.15, 0.2) is 6.29 Å². The Morgan fingerprint density at radius 2 is 1.79 bits per heavy atom. The predicted octanol–water partition coefficient (Wildman–Crippen LogP) is 5.80. The third-order valence-corrected chi connectivity index (χ3v) is 8.38. The first-order chi connectivity index (χ1) is 19.9. The van der Waals surface area contributed by atoms with E-state index in [2.05, 4.69) is 9.97 Å². The topological polar surface area (TPSA) is 119 Å². The van der Waals surface area contributed by atoms with Crippen LogP contribution in [-0.2, 0) is 24.3 Å². The number of benzene rings is 2. The minimum atomic E-state index is -3.65. The van der Waals surface area contributed by atoms with E-state index in [9.17, 15) is 22.7 Å². The smallest absolute Gasteiger partial charge is 0.309 e. The minimum absolute atomic E-state index is 0.00329. The molecule has 1 N–H and O–H groups in total. The van der Waals surface area contributed by atoms with Crippen LogP contribution in [-0.4, -0.2) is 55.0 Å². The van der Waals surface area contributed by atoms with Crippen molar-refractivity contribution in [3.05, 3.63) is 83.3 Å². The van der Waals surface area contributed by atoms with E-state index in [1.807, 2.05) is 63.3 Å². The Morgan fingerprint density at radius 3 is 2.36 bits per heavy atom. The number of sulfonamides is 1. The van der Waals surface area contributed by atoms with Gasteiger partial charge >= 0.3 is 5.97 Å². The molecule has 3 aromatic rings. The lowest BCUT2D eigenvalue weighted by molar-refractivity contribution is -0.248. The lowest BCUT2D eigenvalue weighted by atomic mass is 9.92. The third-order valence-electron chi connectivity index (χ3n) is 7.22. The van der Waals surface area contributed by atoms with Gasteiger partial charge < -0.3 is 14.6 Å². The molecule has 1 unspecified atom stereocenters. The Kier molecular flexibility index (Phi) is 9.75. The number of rotatable bonds is 10. The van der Waals surface area contributed by atoms with Gasteiger partial charge in [-0.1, -0.05) is 63.3 Å². The van der Waals surface area contributed by atoms with E-state index < -0.39 is 46.2 Å². The Hall–Kier alpha value is -3.67. The number of hydrogen-bond donors (Lipinski definition) is 1. The molecular weight excluding hydrogens is 561 g/mol. The molecule has 1 fully saturated rings. The normalized spacial score (nSPS) is 20.1. The first-order valence-corrected chi connectivity index (χ1v) is 15.6. The fourth-order valence-corrected chi connectivity index (χ4v) is 5.21. The van der Waals surface area contributed by atoms with Crippen LogP contribution >= 0.6 is 0 Å². The summed E-state index contributed by atoms with van der Waals surface area (Å²) in [6.07, 6.45) is 3.55. The van der Waals surface area contributed by atoms with Gasteiger partial charge in [0, 0.05) is 30.2 Å². The van der Waals surface area contributed by atoms with Gasteiger partial charge in [0.1, 0.15) is 5.82 Å². The molecule has 4 atom stereocenters. The molecule has 42 heavy (non-hydrogen) atoms. The summed E-state index contributed by atoms with van der Waals surface area (Å²) in [7, 11) is -2.27. The van der Waals surface area contributed by atoms with Crippen molar-refractivity contribution in [2.45, 2.75) is 58.0 Å². The second-order valence-corrected chi connectivity index (χ2v) is 12.6. The van der Waals surface area contributed by atoms with Gasteiger partial charge in [0.2, 0.25) is 16.0 Å². The average Bonchev–Trinajstić information content (AvgIpc) is 2.95. The number of hydrogen-bond acceptors (Lipinski definition) is 7. The number of aromatic nitrogens is 2. The summed E-state index contributed by atoms with van der Waals surface area (Å²) in [5.41, 5.74) is 2.98. The van der Waals surface area contributed by atoms with Crippen LogP contribution in [0.15, 0.2) is 60.7 Å². The molecule has 2 heterocycles. The average molecular weight is 598 g/mol. The van der Waals surface area contributed by atoms with Crippen LogP contribution in [0, 0.1) is 11.7 Å². The second-order valence-electron chi connectivity index (χ2n) is 10.6. The predicted molar refractivity (Wildman–Crippen MR) is 159 cm³/mol. The van der Waals surface area contributed by atoms with E-state index in [4.69, 9.17) is 9.47 Å². The zero-order valence-electron chi connectivity index (χ0n) is 24.3. The Balaban J connectivity index is 1.81. The number of carboxylic acid groups (broad SMARTS) is 1. The van der Waals surface area contributed by atoms with Crippen LogP contribution < -0.4 is 4.31 Å². The summed E-state index contributed by atoms with van der Waals surface area (Å²) < 4.78 is 52.0. The van der Waals surface area contributed by atoms with Crippen molar-refractivity contribution in [1.29, 1.82) is 0 Å². The molecule has 0 amide bonds. The zero-order chi connectivity index (χ0) is 30.6. The lowest BCUT2D eigenvalue weighted by Gasteiger charge is -2.37. The molecule has 1 aliphatic heterocycles. The first-order valence-electron chi connectivity index (χ1n) is 13.8. The van der Waals surface area contributed by atoms with Crippen LogP contribution in [0.5, 0.6) is 0 Å².